The van der Waals surface area contributed by atoms with E-state index < -0.39 is 16.8 Å². The van der Waals surface area contributed by atoms with Gasteiger partial charge in [-0.15, -0.1) is 19.0 Å². The lowest BCUT2D eigenvalue weighted by molar-refractivity contribution is -0.385. The van der Waals surface area contributed by atoms with Crippen molar-refractivity contribution >= 4 is 18.1 Å². The van der Waals surface area contributed by atoms with Crippen molar-refractivity contribution in [1.29, 1.82) is 0 Å². The highest BCUT2D eigenvalue weighted by atomic mass is 35.5. The third-order valence-electron chi connectivity index (χ3n) is 2.27. The van der Waals surface area contributed by atoms with Gasteiger partial charge in [-0.2, -0.15) is 0 Å². The van der Waals surface area contributed by atoms with Crippen LogP contribution in [-0.4, -0.2) is 4.92 Å². The fraction of sp³-hybridized carbons (Fsp3) is 0.273. The Hall–Kier alpha value is -1.46. The minimum Gasteiger partial charge on any atom is -0.324 e. The molecule has 0 aromatic heterocycles. The van der Waals surface area contributed by atoms with Gasteiger partial charge in [-0.25, -0.2) is 4.39 Å². The molecule has 0 saturated carbocycles. The summed E-state index contributed by atoms with van der Waals surface area (Å²) in [5.74, 6) is -0.633. The fourth-order valence-corrected chi connectivity index (χ4v) is 1.44. The molecule has 0 aliphatic rings. The highest BCUT2D eigenvalue weighted by Gasteiger charge is 2.19. The van der Waals surface area contributed by atoms with E-state index in [0.717, 1.165) is 6.07 Å². The van der Waals surface area contributed by atoms with Crippen molar-refractivity contribution in [2.45, 2.75) is 18.9 Å². The Morgan fingerprint density at radius 1 is 1.59 bits per heavy atom. The van der Waals surface area contributed by atoms with Crippen LogP contribution >= 0.6 is 12.4 Å². The van der Waals surface area contributed by atoms with Crippen LogP contribution in [0.3, 0.4) is 0 Å². The monoisotopic (exact) mass is 260 g/mol. The number of rotatable bonds is 5. The quantitative estimate of drug-likeness (QED) is 0.502. The number of halogens is 2. The van der Waals surface area contributed by atoms with Crippen LogP contribution in [0.4, 0.5) is 10.1 Å². The highest BCUT2D eigenvalue weighted by molar-refractivity contribution is 5.85. The lowest BCUT2D eigenvalue weighted by Crippen LogP contribution is -2.12. The number of benzene rings is 1. The minimum atomic E-state index is -0.633. The molecule has 94 valence electrons. The van der Waals surface area contributed by atoms with Gasteiger partial charge in [-0.3, -0.25) is 10.1 Å². The second kappa shape index (κ2) is 6.98. The Balaban J connectivity index is 0.00000256. The van der Waals surface area contributed by atoms with Crippen molar-refractivity contribution in [3.05, 3.63) is 52.3 Å². The number of nitro benzene ring substituents is 1. The molecule has 1 aromatic carbocycles. The first-order chi connectivity index (χ1) is 7.56. The molecule has 2 N–H and O–H groups in total. The molecular formula is C11H14ClFN2O2. The van der Waals surface area contributed by atoms with Crippen LogP contribution in [0.5, 0.6) is 0 Å². The van der Waals surface area contributed by atoms with Crippen LogP contribution in [0, 0.1) is 15.9 Å². The van der Waals surface area contributed by atoms with Crippen molar-refractivity contribution in [3.63, 3.8) is 0 Å². The average molecular weight is 261 g/mol. The number of allylic oxidation sites excluding steroid dienone is 1. The summed E-state index contributed by atoms with van der Waals surface area (Å²) in [6.45, 7) is 3.55. The van der Waals surface area contributed by atoms with E-state index in [1.54, 1.807) is 6.08 Å². The Bertz CT molecular complexity index is 412. The van der Waals surface area contributed by atoms with Crippen LogP contribution in [0.15, 0.2) is 30.9 Å². The van der Waals surface area contributed by atoms with Gasteiger partial charge in [0, 0.05) is 11.6 Å². The van der Waals surface area contributed by atoms with Crippen molar-refractivity contribution in [1.82, 2.24) is 0 Å². The number of nitro groups is 1. The minimum absolute atomic E-state index is 0. The molecule has 0 radical (unpaired) electrons. The zero-order valence-electron chi connectivity index (χ0n) is 9.14. The van der Waals surface area contributed by atoms with Crippen molar-refractivity contribution < 1.29 is 9.31 Å². The average Bonchev–Trinajstić information content (AvgIpc) is 2.25. The van der Waals surface area contributed by atoms with Crippen LogP contribution in [0.1, 0.15) is 24.4 Å². The second-order valence-electron chi connectivity index (χ2n) is 3.43. The third-order valence-corrected chi connectivity index (χ3v) is 2.27. The maximum absolute atomic E-state index is 12.9. The molecule has 4 nitrogen and oxygen atoms in total. The predicted molar refractivity (Wildman–Crippen MR) is 66.7 cm³/mol. The van der Waals surface area contributed by atoms with Gasteiger partial charge < -0.3 is 5.73 Å². The summed E-state index contributed by atoms with van der Waals surface area (Å²) in [7, 11) is 0. The third kappa shape index (κ3) is 4.13. The Morgan fingerprint density at radius 3 is 2.76 bits per heavy atom. The van der Waals surface area contributed by atoms with Crippen molar-refractivity contribution in [2.24, 2.45) is 5.73 Å². The molecule has 0 fully saturated rings. The first-order valence-corrected chi connectivity index (χ1v) is 4.86. The predicted octanol–water partition coefficient (Wildman–Crippen LogP) is 3.12. The molecule has 1 rings (SSSR count). The van der Waals surface area contributed by atoms with E-state index in [9.17, 15) is 14.5 Å². The largest absolute Gasteiger partial charge is 0.324 e. The molecule has 0 heterocycles. The van der Waals surface area contributed by atoms with Crippen LogP contribution in [-0.2, 0) is 0 Å². The van der Waals surface area contributed by atoms with E-state index in [1.807, 2.05) is 0 Å². The molecule has 0 amide bonds. The second-order valence-corrected chi connectivity index (χ2v) is 3.43. The molecule has 0 aliphatic carbocycles. The fourth-order valence-electron chi connectivity index (χ4n) is 1.44. The first-order valence-electron chi connectivity index (χ1n) is 4.86. The summed E-state index contributed by atoms with van der Waals surface area (Å²) in [6.07, 6.45) is 2.90. The highest BCUT2D eigenvalue weighted by Crippen LogP contribution is 2.27. The molecule has 17 heavy (non-hydrogen) atoms. The first kappa shape index (κ1) is 15.5. The zero-order chi connectivity index (χ0) is 12.1. The van der Waals surface area contributed by atoms with Gasteiger partial charge in [-0.1, -0.05) is 6.08 Å². The summed E-state index contributed by atoms with van der Waals surface area (Å²) >= 11 is 0. The molecule has 0 bridgehead atoms. The Labute approximate surface area is 105 Å². The van der Waals surface area contributed by atoms with E-state index in [1.165, 1.54) is 12.1 Å². The van der Waals surface area contributed by atoms with Crippen molar-refractivity contribution in [2.75, 3.05) is 0 Å². The van der Waals surface area contributed by atoms with E-state index in [-0.39, 0.29) is 18.1 Å². The SMILES string of the molecule is C=CCC[C@@H](N)c1ccc(F)cc1[N+](=O)[O-].Cl. The molecule has 0 saturated heterocycles. The number of hydrogen-bond acceptors (Lipinski definition) is 3. The summed E-state index contributed by atoms with van der Waals surface area (Å²) in [5, 5.41) is 10.7. The van der Waals surface area contributed by atoms with Gasteiger partial charge in [-0.05, 0) is 25.0 Å². The molecule has 0 spiro atoms. The van der Waals surface area contributed by atoms with Crippen molar-refractivity contribution in [3.8, 4) is 0 Å². The van der Waals surface area contributed by atoms with Crippen LogP contribution in [0.25, 0.3) is 0 Å². The van der Waals surface area contributed by atoms with Crippen LogP contribution < -0.4 is 5.73 Å². The molecular weight excluding hydrogens is 247 g/mol. The van der Waals surface area contributed by atoms with Gasteiger partial charge in [0.2, 0.25) is 0 Å². The summed E-state index contributed by atoms with van der Waals surface area (Å²) in [5.41, 5.74) is 5.88. The lowest BCUT2D eigenvalue weighted by atomic mass is 10.0. The van der Waals surface area contributed by atoms with E-state index in [2.05, 4.69) is 6.58 Å². The summed E-state index contributed by atoms with van der Waals surface area (Å²) in [4.78, 5) is 10.1. The van der Waals surface area contributed by atoms with E-state index in [0.29, 0.717) is 18.4 Å². The Morgan fingerprint density at radius 2 is 2.24 bits per heavy atom. The Kier molecular flexibility index (Phi) is 6.38. The maximum Gasteiger partial charge on any atom is 0.277 e. The maximum atomic E-state index is 12.9. The van der Waals surface area contributed by atoms with E-state index in [4.69, 9.17) is 5.73 Å². The molecule has 0 aliphatic heterocycles. The number of nitrogens with two attached hydrogens (primary N) is 1. The van der Waals surface area contributed by atoms with Gasteiger partial charge in [0.15, 0.2) is 0 Å². The van der Waals surface area contributed by atoms with Gasteiger partial charge >= 0.3 is 0 Å². The normalized spacial score (nSPS) is 11.4. The summed E-state index contributed by atoms with van der Waals surface area (Å²) in [6, 6.07) is 2.96. The van der Waals surface area contributed by atoms with E-state index >= 15 is 0 Å². The number of hydrogen-bond donors (Lipinski definition) is 1. The molecule has 1 aromatic rings. The van der Waals surface area contributed by atoms with Gasteiger partial charge in [0.1, 0.15) is 5.82 Å². The lowest BCUT2D eigenvalue weighted by Gasteiger charge is -2.10. The zero-order valence-corrected chi connectivity index (χ0v) is 9.95. The van der Waals surface area contributed by atoms with Gasteiger partial charge in [0.25, 0.3) is 5.69 Å². The standard InChI is InChI=1S/C11H13FN2O2.ClH/c1-2-3-4-10(13)9-6-5-8(12)7-11(9)14(15)16;/h2,5-7,10H,1,3-4,13H2;1H/t10-;/m1./s1. The number of nitrogens with zero attached hydrogens (tertiary/aromatic N) is 1. The molecule has 1 atom stereocenters. The smallest absolute Gasteiger partial charge is 0.277 e. The topological polar surface area (TPSA) is 69.2 Å². The van der Waals surface area contributed by atoms with Gasteiger partial charge in [0.05, 0.1) is 11.0 Å². The molecule has 0 unspecified atom stereocenters. The summed E-state index contributed by atoms with van der Waals surface area (Å²) < 4.78 is 12.9. The van der Waals surface area contributed by atoms with Crippen LogP contribution in [0.2, 0.25) is 0 Å². The molecule has 6 heteroatoms.